The first-order valence-electron chi connectivity index (χ1n) is 8.38. The molecule has 152 valence electrons. The highest BCUT2D eigenvalue weighted by molar-refractivity contribution is 14.2. The molecule has 0 N–H and O–H groups in total. The van der Waals surface area contributed by atoms with Gasteiger partial charge in [0.25, 0.3) is 0 Å². The molecule has 29 heavy (non-hydrogen) atoms. The molecule has 0 amide bonds. The summed E-state index contributed by atoms with van der Waals surface area (Å²) in [6.07, 6.45) is 3.43. The van der Waals surface area contributed by atoms with E-state index >= 15 is 0 Å². The van der Waals surface area contributed by atoms with Crippen molar-refractivity contribution in [3.63, 3.8) is 0 Å². The third-order valence-electron chi connectivity index (χ3n) is 4.09. The summed E-state index contributed by atoms with van der Waals surface area (Å²) in [7, 11) is 4.96. The molecule has 0 aliphatic rings. The lowest BCUT2D eigenvalue weighted by molar-refractivity contribution is 0.102. The van der Waals surface area contributed by atoms with Gasteiger partial charge in [-0.15, -0.1) is 0 Å². The van der Waals surface area contributed by atoms with E-state index < -0.39 is 17.4 Å². The Bertz CT molecular complexity index is 1130. The Labute approximate surface area is 191 Å². The van der Waals surface area contributed by atoms with E-state index in [9.17, 15) is 13.6 Å². The molecule has 3 rings (SSSR count). The fraction of sp³-hybridized carbons (Fsp3) is 0.150. The second-order valence-electron chi connectivity index (χ2n) is 6.49. The molecule has 0 aliphatic carbocycles. The first kappa shape index (κ1) is 22.1. The highest BCUT2D eigenvalue weighted by atomic mass is 127. The third kappa shape index (κ3) is 4.61. The summed E-state index contributed by atoms with van der Waals surface area (Å²) >= 11 is 5.51. The summed E-state index contributed by atoms with van der Waals surface area (Å²) < 4.78 is 37.0. The van der Waals surface area contributed by atoms with E-state index in [0.29, 0.717) is 15.6 Å². The average molecular weight is 593 g/mol. The van der Waals surface area contributed by atoms with Crippen molar-refractivity contribution < 1.29 is 18.3 Å². The van der Waals surface area contributed by atoms with Crippen LogP contribution in [0.1, 0.15) is 17.3 Å². The Morgan fingerprint density at radius 2 is 1.97 bits per heavy atom. The monoisotopic (exact) mass is 592 g/mol. The SMILES string of the molecule is C/C(=C\N(C)C)C(=O)c1cc(Oc2c(F)cc3c(ccn3SI)c2Br)ccc1F. The number of rotatable bonds is 6. The van der Waals surface area contributed by atoms with Gasteiger partial charge in [-0.05, 0) is 47.1 Å². The van der Waals surface area contributed by atoms with Crippen LogP contribution < -0.4 is 4.74 Å². The van der Waals surface area contributed by atoms with E-state index in [4.69, 9.17) is 4.74 Å². The molecule has 4 nitrogen and oxygen atoms in total. The maximum atomic E-state index is 14.7. The quantitative estimate of drug-likeness (QED) is 0.176. The van der Waals surface area contributed by atoms with Crippen LogP contribution in [0.5, 0.6) is 11.5 Å². The van der Waals surface area contributed by atoms with E-state index in [2.05, 4.69) is 37.1 Å². The lowest BCUT2D eigenvalue weighted by atomic mass is 10.0. The van der Waals surface area contributed by atoms with E-state index in [-0.39, 0.29) is 17.1 Å². The van der Waals surface area contributed by atoms with Crippen LogP contribution >= 0.6 is 46.3 Å². The van der Waals surface area contributed by atoms with Crippen LogP contribution in [0.4, 0.5) is 8.78 Å². The standard InChI is InChI=1S/C20H16BrF2IN2O2S/c1-11(10-25(2)3)19(27)14-8-12(4-5-15(14)22)28-20-16(23)9-17-13(18(20)21)6-7-26(17)29-24/h4-10H,1-3H3/b11-10+. The molecular weight excluding hydrogens is 577 g/mol. The number of ether oxygens (including phenoxy) is 1. The van der Waals surface area contributed by atoms with Crippen molar-refractivity contribution in [1.29, 1.82) is 0 Å². The minimum atomic E-state index is -0.667. The Morgan fingerprint density at radius 3 is 2.62 bits per heavy atom. The molecular formula is C20H16BrF2IN2O2S. The Morgan fingerprint density at radius 1 is 1.24 bits per heavy atom. The fourth-order valence-electron chi connectivity index (χ4n) is 2.84. The second-order valence-corrected chi connectivity index (χ2v) is 9.00. The minimum absolute atomic E-state index is 0.0285. The minimum Gasteiger partial charge on any atom is -0.453 e. The van der Waals surface area contributed by atoms with E-state index in [1.54, 1.807) is 32.1 Å². The van der Waals surface area contributed by atoms with Crippen LogP contribution in [0, 0.1) is 11.6 Å². The summed E-state index contributed by atoms with van der Waals surface area (Å²) in [4.78, 5) is 14.3. The molecule has 1 aromatic heterocycles. The van der Waals surface area contributed by atoms with Gasteiger partial charge in [0.2, 0.25) is 0 Å². The van der Waals surface area contributed by atoms with Crippen LogP contribution in [0.15, 0.2) is 52.8 Å². The van der Waals surface area contributed by atoms with Crippen LogP contribution in [-0.2, 0) is 0 Å². The second kappa shape index (κ2) is 9.05. The fourth-order valence-corrected chi connectivity index (χ4v) is 4.81. The zero-order valence-corrected chi connectivity index (χ0v) is 20.2. The molecule has 0 unspecified atom stereocenters. The molecule has 0 radical (unpaired) electrons. The Balaban J connectivity index is 2.00. The first-order chi connectivity index (χ1) is 13.7. The topological polar surface area (TPSA) is 34.5 Å². The van der Waals surface area contributed by atoms with Crippen LogP contribution in [-0.4, -0.2) is 28.8 Å². The maximum Gasteiger partial charge on any atom is 0.193 e. The van der Waals surface area contributed by atoms with Crippen LogP contribution in [0.3, 0.4) is 0 Å². The molecule has 0 fully saturated rings. The zero-order chi connectivity index (χ0) is 21.3. The Hall–Kier alpha value is -1.59. The number of allylic oxidation sites excluding steroid dienone is 1. The summed E-state index contributed by atoms with van der Waals surface area (Å²) in [5.41, 5.74) is 0.932. The summed E-state index contributed by atoms with van der Waals surface area (Å²) in [5, 5.41) is 0.772. The third-order valence-corrected chi connectivity index (χ3v) is 6.62. The van der Waals surface area contributed by atoms with Crippen LogP contribution in [0.2, 0.25) is 0 Å². The van der Waals surface area contributed by atoms with Gasteiger partial charge < -0.3 is 9.64 Å². The average Bonchev–Trinajstić information content (AvgIpc) is 3.08. The number of hydrogen-bond acceptors (Lipinski definition) is 4. The van der Waals surface area contributed by atoms with E-state index in [1.165, 1.54) is 27.3 Å². The smallest absolute Gasteiger partial charge is 0.193 e. The summed E-state index contributed by atoms with van der Waals surface area (Å²) in [5.74, 6) is -1.57. The lowest BCUT2D eigenvalue weighted by Gasteiger charge is -2.12. The predicted molar refractivity (Wildman–Crippen MR) is 125 cm³/mol. The molecule has 1 heterocycles. The van der Waals surface area contributed by atoms with Gasteiger partial charge in [0.15, 0.2) is 17.3 Å². The molecule has 2 aromatic carbocycles. The molecule has 9 heteroatoms. The number of ketones is 1. The van der Waals surface area contributed by atoms with Crippen molar-refractivity contribution >= 4 is 62.9 Å². The molecule has 0 spiro atoms. The number of carbonyl (C=O) groups is 1. The van der Waals surface area contributed by atoms with Crippen LogP contribution in [0.25, 0.3) is 10.9 Å². The van der Waals surface area contributed by atoms with E-state index in [1.807, 2.05) is 16.2 Å². The lowest BCUT2D eigenvalue weighted by Crippen LogP contribution is -2.09. The van der Waals surface area contributed by atoms with Crippen molar-refractivity contribution in [2.24, 2.45) is 0 Å². The van der Waals surface area contributed by atoms with Gasteiger partial charge in [-0.25, -0.2) is 8.78 Å². The first-order valence-corrected chi connectivity index (χ1v) is 12.5. The molecule has 0 saturated carbocycles. The number of hydrogen-bond donors (Lipinski definition) is 0. The highest BCUT2D eigenvalue weighted by Crippen LogP contribution is 2.40. The summed E-state index contributed by atoms with van der Waals surface area (Å²) in [6, 6.07) is 7.00. The van der Waals surface area contributed by atoms with Crippen molar-refractivity contribution in [3.8, 4) is 11.5 Å². The number of halogens is 4. The number of carbonyl (C=O) groups excluding carboxylic acids is 1. The van der Waals surface area contributed by atoms with Gasteiger partial charge in [-0.1, -0.05) is 0 Å². The van der Waals surface area contributed by atoms with Gasteiger partial charge in [0.05, 0.1) is 15.6 Å². The number of nitrogens with zero attached hydrogens (tertiary/aromatic N) is 2. The number of aromatic nitrogens is 1. The van der Waals surface area contributed by atoms with Gasteiger partial charge in [0, 0.05) is 73.8 Å². The largest absolute Gasteiger partial charge is 0.453 e. The highest BCUT2D eigenvalue weighted by Gasteiger charge is 2.19. The zero-order valence-electron chi connectivity index (χ0n) is 15.7. The Kier molecular flexibility index (Phi) is 6.90. The molecule has 0 atom stereocenters. The van der Waals surface area contributed by atoms with Gasteiger partial charge in [-0.2, -0.15) is 0 Å². The van der Waals surface area contributed by atoms with Crippen molar-refractivity contribution in [2.75, 3.05) is 14.1 Å². The number of Topliss-reactive ketones (excluding diaryl/α,β-unsaturated/α-hetero) is 1. The van der Waals surface area contributed by atoms with Crippen molar-refractivity contribution in [3.05, 3.63) is 70.0 Å². The van der Waals surface area contributed by atoms with E-state index in [0.717, 1.165) is 11.5 Å². The van der Waals surface area contributed by atoms with Gasteiger partial charge in [-0.3, -0.25) is 8.77 Å². The normalized spacial score (nSPS) is 11.8. The number of fused-ring (bicyclic) bond motifs is 1. The van der Waals surface area contributed by atoms with Gasteiger partial charge in [0.1, 0.15) is 11.6 Å². The molecule has 0 bridgehead atoms. The molecule has 3 aromatic rings. The maximum absolute atomic E-state index is 14.7. The predicted octanol–water partition coefficient (Wildman–Crippen LogP) is 6.97. The van der Waals surface area contributed by atoms with Crippen molar-refractivity contribution in [2.45, 2.75) is 6.92 Å². The van der Waals surface area contributed by atoms with Crippen molar-refractivity contribution in [1.82, 2.24) is 8.87 Å². The molecule has 0 saturated heterocycles. The van der Waals surface area contributed by atoms with Gasteiger partial charge >= 0.3 is 0 Å². The molecule has 0 aliphatic heterocycles. The number of benzene rings is 2. The summed E-state index contributed by atoms with van der Waals surface area (Å²) in [6.45, 7) is 1.61.